The zero-order valence-corrected chi connectivity index (χ0v) is 17.1. The van der Waals surface area contributed by atoms with Crippen molar-refractivity contribution in [3.8, 4) is 0 Å². The first-order valence-corrected chi connectivity index (χ1v) is 9.20. The molecule has 10 heteroatoms. The maximum atomic E-state index is 14.1. The highest BCUT2D eigenvalue weighted by Crippen LogP contribution is 2.22. The Balaban J connectivity index is 2.05. The number of nitrogens with one attached hydrogen (secondary N) is 3. The van der Waals surface area contributed by atoms with E-state index in [4.69, 9.17) is 0 Å². The van der Waals surface area contributed by atoms with Crippen LogP contribution in [0, 0.1) is 19.7 Å². The number of benzene rings is 2. The highest BCUT2D eigenvalue weighted by molar-refractivity contribution is 9.10. The van der Waals surface area contributed by atoms with Gasteiger partial charge in [-0.25, -0.2) is 4.39 Å². The third kappa shape index (κ3) is 6.74. The van der Waals surface area contributed by atoms with Gasteiger partial charge >= 0.3 is 6.18 Å². The highest BCUT2D eigenvalue weighted by atomic mass is 79.9. The van der Waals surface area contributed by atoms with Gasteiger partial charge in [0.05, 0.1) is 6.54 Å². The van der Waals surface area contributed by atoms with Crippen molar-refractivity contribution in [1.82, 2.24) is 5.32 Å². The SMILES string of the molecule is Cc1cc(NC(=O)CNc2cc(C(=O)NCC(F)(F)F)cc(F)c2C)ccc1Br. The standard InChI is InChI=1S/C19H18BrF4N3O2/c1-10-5-13(3-4-14(10)20)27-17(28)8-25-16-7-12(6-15(21)11(16)2)18(29)26-9-19(22,23)24/h3-7,25H,8-9H2,1-2H3,(H,26,29)(H,27,28). The molecule has 0 aliphatic rings. The minimum absolute atomic E-state index is 0.129. The highest BCUT2D eigenvalue weighted by Gasteiger charge is 2.28. The summed E-state index contributed by atoms with van der Waals surface area (Å²) in [5.41, 5.74) is 1.46. The van der Waals surface area contributed by atoms with Crippen molar-refractivity contribution in [2.75, 3.05) is 23.7 Å². The molecule has 0 aromatic heterocycles. The lowest BCUT2D eigenvalue weighted by Crippen LogP contribution is -2.33. The van der Waals surface area contributed by atoms with E-state index in [1.54, 1.807) is 23.5 Å². The number of carbonyl (C=O) groups excluding carboxylic acids is 2. The molecule has 2 rings (SSSR count). The molecule has 3 N–H and O–H groups in total. The van der Waals surface area contributed by atoms with E-state index in [9.17, 15) is 27.2 Å². The molecule has 0 unspecified atom stereocenters. The van der Waals surface area contributed by atoms with E-state index >= 15 is 0 Å². The first-order chi connectivity index (χ1) is 13.5. The molecule has 0 saturated heterocycles. The molecule has 0 aliphatic carbocycles. The lowest BCUT2D eigenvalue weighted by molar-refractivity contribution is -0.123. The van der Waals surface area contributed by atoms with Crippen LogP contribution in [0.3, 0.4) is 0 Å². The van der Waals surface area contributed by atoms with Crippen molar-refractivity contribution in [3.05, 3.63) is 57.3 Å². The Hall–Kier alpha value is -2.62. The van der Waals surface area contributed by atoms with E-state index in [1.807, 2.05) is 6.92 Å². The quantitative estimate of drug-likeness (QED) is 0.536. The van der Waals surface area contributed by atoms with E-state index < -0.39 is 30.4 Å². The summed E-state index contributed by atoms with van der Waals surface area (Å²) in [6, 6.07) is 7.28. The fourth-order valence-corrected chi connectivity index (χ4v) is 2.63. The predicted molar refractivity (Wildman–Crippen MR) is 106 cm³/mol. The zero-order chi connectivity index (χ0) is 21.8. The van der Waals surface area contributed by atoms with Gasteiger partial charge in [0.25, 0.3) is 5.91 Å². The van der Waals surface area contributed by atoms with Crippen molar-refractivity contribution in [2.24, 2.45) is 0 Å². The number of hydrogen-bond acceptors (Lipinski definition) is 3. The zero-order valence-electron chi connectivity index (χ0n) is 15.5. The second-order valence-corrected chi connectivity index (χ2v) is 7.15. The Bertz CT molecular complexity index is 932. The monoisotopic (exact) mass is 475 g/mol. The Morgan fingerprint density at radius 3 is 2.41 bits per heavy atom. The van der Waals surface area contributed by atoms with Crippen molar-refractivity contribution >= 4 is 39.1 Å². The van der Waals surface area contributed by atoms with E-state index in [0.717, 1.165) is 16.1 Å². The van der Waals surface area contributed by atoms with E-state index in [2.05, 4.69) is 26.6 Å². The molecule has 0 heterocycles. The molecule has 0 saturated carbocycles. The second kappa shape index (κ2) is 9.25. The largest absolute Gasteiger partial charge is 0.405 e. The van der Waals surface area contributed by atoms with Crippen LogP contribution in [-0.4, -0.2) is 31.1 Å². The van der Waals surface area contributed by atoms with Gasteiger partial charge in [0, 0.05) is 27.0 Å². The fourth-order valence-electron chi connectivity index (χ4n) is 2.38. The first kappa shape index (κ1) is 22.7. The van der Waals surface area contributed by atoms with Gasteiger partial charge in [-0.15, -0.1) is 0 Å². The second-order valence-electron chi connectivity index (χ2n) is 6.29. The maximum Gasteiger partial charge on any atom is 0.405 e. The number of amides is 2. The molecule has 0 fully saturated rings. The first-order valence-electron chi connectivity index (χ1n) is 8.41. The molecule has 2 amide bonds. The molecule has 0 spiro atoms. The lowest BCUT2D eigenvalue weighted by Gasteiger charge is -2.14. The molecule has 0 radical (unpaired) electrons. The van der Waals surface area contributed by atoms with Gasteiger partial charge in [0.1, 0.15) is 12.4 Å². The van der Waals surface area contributed by atoms with Crippen LogP contribution < -0.4 is 16.0 Å². The Labute approximate surface area is 173 Å². The van der Waals surface area contributed by atoms with E-state index in [0.29, 0.717) is 5.69 Å². The lowest BCUT2D eigenvalue weighted by atomic mass is 10.1. The molecule has 2 aromatic rings. The van der Waals surface area contributed by atoms with Gasteiger partial charge < -0.3 is 16.0 Å². The van der Waals surface area contributed by atoms with Crippen molar-refractivity contribution < 1.29 is 27.2 Å². The van der Waals surface area contributed by atoms with E-state index in [-0.39, 0.29) is 23.4 Å². The molecule has 0 bridgehead atoms. The third-order valence-electron chi connectivity index (χ3n) is 3.94. The van der Waals surface area contributed by atoms with Crippen molar-refractivity contribution in [1.29, 1.82) is 0 Å². The van der Waals surface area contributed by atoms with Crippen LogP contribution in [0.5, 0.6) is 0 Å². The average Bonchev–Trinajstić information content (AvgIpc) is 2.63. The number of carbonyl (C=O) groups is 2. The Morgan fingerprint density at radius 1 is 1.10 bits per heavy atom. The van der Waals surface area contributed by atoms with Crippen LogP contribution in [0.1, 0.15) is 21.5 Å². The molecule has 2 aromatic carbocycles. The topological polar surface area (TPSA) is 70.2 Å². The minimum atomic E-state index is -4.58. The molecule has 0 aliphatic heterocycles. The molecule has 5 nitrogen and oxygen atoms in total. The van der Waals surface area contributed by atoms with Gasteiger partial charge in [-0.1, -0.05) is 15.9 Å². The average molecular weight is 476 g/mol. The summed E-state index contributed by atoms with van der Waals surface area (Å²) in [5.74, 6) is -2.27. The summed E-state index contributed by atoms with van der Waals surface area (Å²) in [5, 5.41) is 7.05. The summed E-state index contributed by atoms with van der Waals surface area (Å²) >= 11 is 3.36. The molecule has 29 heavy (non-hydrogen) atoms. The van der Waals surface area contributed by atoms with Crippen LogP contribution in [0.4, 0.5) is 28.9 Å². The van der Waals surface area contributed by atoms with Crippen LogP contribution >= 0.6 is 15.9 Å². The van der Waals surface area contributed by atoms with Crippen LogP contribution in [-0.2, 0) is 4.79 Å². The predicted octanol–water partition coefficient (Wildman–Crippen LogP) is 4.55. The Morgan fingerprint density at radius 2 is 1.79 bits per heavy atom. The van der Waals surface area contributed by atoms with Crippen molar-refractivity contribution in [2.45, 2.75) is 20.0 Å². The summed E-state index contributed by atoms with van der Waals surface area (Å²) in [7, 11) is 0. The van der Waals surface area contributed by atoms with Crippen molar-refractivity contribution in [3.63, 3.8) is 0 Å². The van der Waals surface area contributed by atoms with Gasteiger partial charge in [-0.3, -0.25) is 9.59 Å². The number of anilines is 2. The fraction of sp³-hybridized carbons (Fsp3) is 0.263. The number of rotatable bonds is 6. The number of aryl methyl sites for hydroxylation is 1. The van der Waals surface area contributed by atoms with Crippen LogP contribution in [0.25, 0.3) is 0 Å². The van der Waals surface area contributed by atoms with Gasteiger partial charge in [0.2, 0.25) is 5.91 Å². The molecular weight excluding hydrogens is 458 g/mol. The summed E-state index contributed by atoms with van der Waals surface area (Å²) in [6.07, 6.45) is -4.58. The number of alkyl halides is 3. The Kier molecular flexibility index (Phi) is 7.23. The summed E-state index contributed by atoms with van der Waals surface area (Å²) in [4.78, 5) is 24.0. The van der Waals surface area contributed by atoms with Gasteiger partial charge in [0.15, 0.2) is 0 Å². The molecular formula is C19H18BrF4N3O2. The van der Waals surface area contributed by atoms with Gasteiger partial charge in [-0.05, 0) is 49.7 Å². The normalized spacial score (nSPS) is 11.1. The molecule has 156 valence electrons. The third-order valence-corrected chi connectivity index (χ3v) is 4.83. The number of hydrogen-bond donors (Lipinski definition) is 3. The molecule has 0 atom stereocenters. The summed E-state index contributed by atoms with van der Waals surface area (Å²) < 4.78 is 51.7. The van der Waals surface area contributed by atoms with Gasteiger partial charge in [-0.2, -0.15) is 13.2 Å². The van der Waals surface area contributed by atoms with Crippen LogP contribution in [0.2, 0.25) is 0 Å². The number of halogens is 5. The summed E-state index contributed by atoms with van der Waals surface area (Å²) in [6.45, 7) is 1.52. The van der Waals surface area contributed by atoms with E-state index in [1.165, 1.54) is 13.0 Å². The maximum absolute atomic E-state index is 14.1. The smallest absolute Gasteiger partial charge is 0.376 e. The minimum Gasteiger partial charge on any atom is -0.376 e. The van der Waals surface area contributed by atoms with Crippen LogP contribution in [0.15, 0.2) is 34.8 Å².